The Kier molecular flexibility index (Phi) is 4.53. The molecule has 0 fully saturated rings. The molecule has 0 radical (unpaired) electrons. The number of hydrogen-bond acceptors (Lipinski definition) is 3. The fraction of sp³-hybridized carbons (Fsp3) is 0.0833. The summed E-state index contributed by atoms with van der Waals surface area (Å²) < 4.78 is 0. The summed E-state index contributed by atoms with van der Waals surface area (Å²) in [4.78, 5) is 8.88. The van der Waals surface area contributed by atoms with Gasteiger partial charge in [-0.05, 0) is 59.5 Å². The molecule has 0 bridgehead atoms. The first kappa shape index (κ1) is 17.1. The van der Waals surface area contributed by atoms with Gasteiger partial charge in [0, 0.05) is 12.4 Å². The van der Waals surface area contributed by atoms with Crippen LogP contribution in [0.3, 0.4) is 0 Å². The quantitative estimate of drug-likeness (QED) is 0.741. The van der Waals surface area contributed by atoms with E-state index in [9.17, 15) is 5.11 Å². The first-order chi connectivity index (χ1) is 13.2. The molecule has 1 atom stereocenters. The average Bonchev–Trinajstić information content (AvgIpc) is 3.25. The summed E-state index contributed by atoms with van der Waals surface area (Å²) >= 11 is 0. The van der Waals surface area contributed by atoms with E-state index in [4.69, 9.17) is 0 Å². The van der Waals surface area contributed by atoms with Crippen molar-refractivity contribution in [3.8, 4) is 0 Å². The number of hydrogen-bond donors (Lipinski definition) is 1. The molecule has 1 aliphatic rings. The number of rotatable bonds is 4. The molecule has 2 aromatic heterocycles. The normalized spacial score (nSPS) is 17.3. The van der Waals surface area contributed by atoms with Crippen molar-refractivity contribution in [2.75, 3.05) is 0 Å². The van der Waals surface area contributed by atoms with Gasteiger partial charge in [0.2, 0.25) is 0 Å². The van der Waals surface area contributed by atoms with Gasteiger partial charge in [-0.25, -0.2) is 0 Å². The van der Waals surface area contributed by atoms with Gasteiger partial charge in [-0.3, -0.25) is 9.97 Å². The molecule has 4 rings (SSSR count). The van der Waals surface area contributed by atoms with E-state index in [0.29, 0.717) is 5.69 Å². The van der Waals surface area contributed by atoms with Gasteiger partial charge in [0.15, 0.2) is 5.60 Å². The van der Waals surface area contributed by atoms with Crippen LogP contribution in [-0.4, -0.2) is 15.1 Å². The summed E-state index contributed by atoms with van der Waals surface area (Å²) in [6.07, 6.45) is 9.50. The first-order valence-corrected chi connectivity index (χ1v) is 8.91. The lowest BCUT2D eigenvalue weighted by atomic mass is 9.83. The van der Waals surface area contributed by atoms with Crippen molar-refractivity contribution in [2.24, 2.45) is 0 Å². The third-order valence-corrected chi connectivity index (χ3v) is 4.88. The minimum atomic E-state index is -1.31. The number of pyridine rings is 2. The topological polar surface area (TPSA) is 46.0 Å². The molecule has 132 valence electrons. The second kappa shape index (κ2) is 7.14. The standard InChI is InChI=1S/C24H20N2O/c1-18(22-11-5-7-15-25-22)19-13-14-21(17-19)24(27,20-9-3-2-4-10-20)23-12-6-8-16-26-23/h2-17,27H,1H3/b19-18-. The Balaban J connectivity index is 1.85. The summed E-state index contributed by atoms with van der Waals surface area (Å²) in [5, 5.41) is 11.8. The molecule has 1 unspecified atom stereocenters. The molecule has 3 aromatic rings. The predicted octanol–water partition coefficient (Wildman–Crippen LogP) is 4.68. The number of allylic oxidation sites excluding steroid dienone is 4. The van der Waals surface area contributed by atoms with Crippen molar-refractivity contribution in [1.82, 2.24) is 9.97 Å². The van der Waals surface area contributed by atoms with Crippen LogP contribution in [0.25, 0.3) is 5.57 Å². The van der Waals surface area contributed by atoms with Crippen LogP contribution >= 0.6 is 0 Å². The maximum absolute atomic E-state index is 11.8. The molecule has 0 saturated carbocycles. The third-order valence-electron chi connectivity index (χ3n) is 4.88. The molecule has 0 spiro atoms. The molecule has 27 heavy (non-hydrogen) atoms. The zero-order valence-corrected chi connectivity index (χ0v) is 15.1. The summed E-state index contributed by atoms with van der Waals surface area (Å²) in [6, 6.07) is 21.1. The van der Waals surface area contributed by atoms with E-state index in [0.717, 1.165) is 28.0 Å². The third kappa shape index (κ3) is 3.14. The van der Waals surface area contributed by atoms with E-state index in [1.807, 2.05) is 91.9 Å². The molecular weight excluding hydrogens is 332 g/mol. The van der Waals surface area contributed by atoms with Gasteiger partial charge in [0.1, 0.15) is 0 Å². The highest BCUT2D eigenvalue weighted by Gasteiger charge is 2.37. The lowest BCUT2D eigenvalue weighted by Crippen LogP contribution is -2.30. The van der Waals surface area contributed by atoms with Crippen LogP contribution in [0.5, 0.6) is 0 Å². The van der Waals surface area contributed by atoms with Gasteiger partial charge in [-0.1, -0.05) is 54.6 Å². The predicted molar refractivity (Wildman–Crippen MR) is 108 cm³/mol. The van der Waals surface area contributed by atoms with Gasteiger partial charge in [0.05, 0.1) is 11.4 Å². The molecule has 0 aliphatic heterocycles. The van der Waals surface area contributed by atoms with Crippen LogP contribution < -0.4 is 0 Å². The Morgan fingerprint density at radius 1 is 0.815 bits per heavy atom. The largest absolute Gasteiger partial charge is 0.374 e. The fourth-order valence-electron chi connectivity index (χ4n) is 3.35. The van der Waals surface area contributed by atoms with E-state index in [-0.39, 0.29) is 0 Å². The molecule has 1 N–H and O–H groups in total. The number of aromatic nitrogens is 2. The Hall–Kier alpha value is -3.30. The van der Waals surface area contributed by atoms with Crippen LogP contribution in [0.2, 0.25) is 0 Å². The molecule has 3 heteroatoms. The Morgan fingerprint density at radius 2 is 1.52 bits per heavy atom. The van der Waals surface area contributed by atoms with Crippen molar-refractivity contribution in [3.05, 3.63) is 125 Å². The minimum absolute atomic E-state index is 0.601. The van der Waals surface area contributed by atoms with Gasteiger partial charge in [-0.15, -0.1) is 0 Å². The smallest absolute Gasteiger partial charge is 0.157 e. The second-order valence-electron chi connectivity index (χ2n) is 6.52. The highest BCUT2D eigenvalue weighted by Crippen LogP contribution is 2.40. The monoisotopic (exact) mass is 352 g/mol. The number of benzene rings is 1. The molecule has 1 aromatic carbocycles. The first-order valence-electron chi connectivity index (χ1n) is 8.91. The maximum atomic E-state index is 11.8. The zero-order chi connectivity index (χ0) is 18.7. The van der Waals surface area contributed by atoms with E-state index in [1.165, 1.54) is 0 Å². The van der Waals surface area contributed by atoms with Crippen LogP contribution in [0, 0.1) is 0 Å². The number of nitrogens with zero attached hydrogens (tertiary/aromatic N) is 2. The summed E-state index contributed by atoms with van der Waals surface area (Å²) in [7, 11) is 0. The minimum Gasteiger partial charge on any atom is -0.374 e. The van der Waals surface area contributed by atoms with Crippen molar-refractivity contribution in [1.29, 1.82) is 0 Å². The fourth-order valence-corrected chi connectivity index (χ4v) is 3.35. The molecule has 1 aliphatic carbocycles. The Labute approximate surface area is 159 Å². The summed E-state index contributed by atoms with van der Waals surface area (Å²) in [6.45, 7) is 2.05. The Bertz CT molecular complexity index is 980. The summed E-state index contributed by atoms with van der Waals surface area (Å²) in [5.74, 6) is 0. The molecule has 3 nitrogen and oxygen atoms in total. The van der Waals surface area contributed by atoms with Crippen molar-refractivity contribution < 1.29 is 5.11 Å². The highest BCUT2D eigenvalue weighted by molar-refractivity contribution is 5.73. The Morgan fingerprint density at radius 3 is 2.19 bits per heavy atom. The maximum Gasteiger partial charge on any atom is 0.157 e. The molecule has 0 amide bonds. The van der Waals surface area contributed by atoms with Crippen LogP contribution in [-0.2, 0) is 5.60 Å². The second-order valence-corrected chi connectivity index (χ2v) is 6.52. The van der Waals surface area contributed by atoms with Gasteiger partial charge >= 0.3 is 0 Å². The van der Waals surface area contributed by atoms with Crippen LogP contribution in [0.1, 0.15) is 23.9 Å². The van der Waals surface area contributed by atoms with Gasteiger partial charge in [0.25, 0.3) is 0 Å². The van der Waals surface area contributed by atoms with Gasteiger partial charge in [-0.2, -0.15) is 0 Å². The summed E-state index contributed by atoms with van der Waals surface area (Å²) in [5.41, 5.74) is 3.89. The molecule has 0 saturated heterocycles. The van der Waals surface area contributed by atoms with E-state index in [2.05, 4.69) is 9.97 Å². The highest BCUT2D eigenvalue weighted by atomic mass is 16.3. The molecular formula is C24H20N2O. The molecule has 2 heterocycles. The zero-order valence-electron chi connectivity index (χ0n) is 15.1. The van der Waals surface area contributed by atoms with Crippen molar-refractivity contribution in [2.45, 2.75) is 12.5 Å². The average molecular weight is 352 g/mol. The van der Waals surface area contributed by atoms with Crippen LogP contribution in [0.4, 0.5) is 0 Å². The van der Waals surface area contributed by atoms with Gasteiger partial charge < -0.3 is 5.11 Å². The van der Waals surface area contributed by atoms with Crippen LogP contribution in [0.15, 0.2) is 108 Å². The van der Waals surface area contributed by atoms with Crippen molar-refractivity contribution >= 4 is 5.57 Å². The van der Waals surface area contributed by atoms with E-state index >= 15 is 0 Å². The number of aliphatic hydroxyl groups is 1. The lowest BCUT2D eigenvalue weighted by molar-refractivity contribution is 0.120. The lowest BCUT2D eigenvalue weighted by Gasteiger charge is -2.29. The SMILES string of the molecule is C/C(=C1\C=CC(C(O)(c2ccccc2)c2ccccn2)=C1)c1ccccn1. The van der Waals surface area contributed by atoms with Crippen molar-refractivity contribution in [3.63, 3.8) is 0 Å². The van der Waals surface area contributed by atoms with E-state index in [1.54, 1.807) is 12.4 Å². The van der Waals surface area contributed by atoms with E-state index < -0.39 is 5.60 Å².